The van der Waals surface area contributed by atoms with Gasteiger partial charge in [-0.1, -0.05) is 13.8 Å². The molecule has 3 rings (SSSR count). The molecular weight excluding hydrogens is 386 g/mol. The molecule has 0 radical (unpaired) electrons. The van der Waals surface area contributed by atoms with Crippen LogP contribution in [-0.4, -0.2) is 24.9 Å². The Morgan fingerprint density at radius 2 is 1.69 bits per heavy atom. The number of anilines is 1. The summed E-state index contributed by atoms with van der Waals surface area (Å²) in [4.78, 5) is 12.7. The molecule has 1 heterocycles. The highest BCUT2D eigenvalue weighted by atomic mass is 32.2. The minimum Gasteiger partial charge on any atom is -0.347 e. The maximum atomic E-state index is 12.6. The van der Waals surface area contributed by atoms with E-state index in [2.05, 4.69) is 34.7 Å². The lowest BCUT2D eigenvalue weighted by Crippen LogP contribution is -2.30. The van der Waals surface area contributed by atoms with Crippen LogP contribution in [0.1, 0.15) is 38.1 Å². The van der Waals surface area contributed by atoms with Crippen LogP contribution in [-0.2, 0) is 16.6 Å². The van der Waals surface area contributed by atoms with Crippen LogP contribution in [0.25, 0.3) is 10.9 Å². The third kappa shape index (κ3) is 5.05. The topological polar surface area (TPSA) is 80.2 Å². The molecule has 6 nitrogen and oxygen atoms in total. The molecule has 2 aromatic carbocycles. The van der Waals surface area contributed by atoms with Crippen LogP contribution in [0, 0.1) is 5.92 Å². The number of nitrogens with zero attached hydrogens (tertiary/aromatic N) is 1. The fraction of sp³-hybridized carbons (Fsp3) is 0.318. The van der Waals surface area contributed by atoms with E-state index in [0.29, 0.717) is 17.2 Å². The molecule has 0 unspecified atom stereocenters. The number of amides is 1. The summed E-state index contributed by atoms with van der Waals surface area (Å²) in [6, 6.07) is 13.6. The van der Waals surface area contributed by atoms with E-state index < -0.39 is 10.0 Å². The number of hydrogen-bond acceptors (Lipinski definition) is 3. The predicted molar refractivity (Wildman–Crippen MR) is 117 cm³/mol. The summed E-state index contributed by atoms with van der Waals surface area (Å²) in [6.45, 7) is 8.81. The zero-order valence-corrected chi connectivity index (χ0v) is 18.0. The van der Waals surface area contributed by atoms with Crippen molar-refractivity contribution in [3.8, 4) is 0 Å². The van der Waals surface area contributed by atoms with Gasteiger partial charge in [-0.3, -0.25) is 4.79 Å². The number of fused-ring (bicyclic) bond motifs is 1. The van der Waals surface area contributed by atoms with Crippen molar-refractivity contribution in [2.75, 3.05) is 5.32 Å². The number of nitrogens with one attached hydrogen (secondary N) is 2. The van der Waals surface area contributed by atoms with Crippen molar-refractivity contribution in [1.82, 2.24) is 9.29 Å². The molecule has 0 spiro atoms. The first-order valence-electron chi connectivity index (χ1n) is 9.68. The molecular formula is C22H27N3O3S. The summed E-state index contributed by atoms with van der Waals surface area (Å²) < 4.78 is 29.1. The van der Waals surface area contributed by atoms with Gasteiger partial charge in [0, 0.05) is 40.9 Å². The van der Waals surface area contributed by atoms with E-state index in [1.165, 1.54) is 24.3 Å². The molecule has 0 atom stereocenters. The molecule has 29 heavy (non-hydrogen) atoms. The first-order valence-corrected chi connectivity index (χ1v) is 11.2. The summed E-state index contributed by atoms with van der Waals surface area (Å²) in [6.07, 6.45) is 2.06. The van der Waals surface area contributed by atoms with E-state index in [1.807, 2.05) is 24.3 Å². The maximum Gasteiger partial charge on any atom is 0.255 e. The lowest BCUT2D eigenvalue weighted by atomic mass is 10.2. The van der Waals surface area contributed by atoms with Crippen molar-refractivity contribution in [2.24, 2.45) is 5.92 Å². The minimum absolute atomic E-state index is 0.135. The highest BCUT2D eigenvalue weighted by Gasteiger charge is 2.16. The Balaban J connectivity index is 1.74. The normalized spacial score (nSPS) is 12.1. The quantitative estimate of drug-likeness (QED) is 0.608. The van der Waals surface area contributed by atoms with Crippen LogP contribution in [0.2, 0.25) is 0 Å². The van der Waals surface area contributed by atoms with Gasteiger partial charge in [-0.2, -0.15) is 0 Å². The van der Waals surface area contributed by atoms with Gasteiger partial charge in [0.1, 0.15) is 0 Å². The molecule has 0 aliphatic rings. The SMILES string of the molecule is CC(C)Cn1ccc2cc(NC(=O)c3ccc(S(=O)(=O)NC(C)C)cc3)ccc21. The van der Waals surface area contributed by atoms with Crippen molar-refractivity contribution < 1.29 is 13.2 Å². The first-order chi connectivity index (χ1) is 13.7. The highest BCUT2D eigenvalue weighted by Crippen LogP contribution is 2.22. The second kappa shape index (κ2) is 8.39. The lowest BCUT2D eigenvalue weighted by Gasteiger charge is -2.11. The maximum absolute atomic E-state index is 12.6. The lowest BCUT2D eigenvalue weighted by molar-refractivity contribution is 0.102. The number of rotatable bonds is 7. The van der Waals surface area contributed by atoms with Gasteiger partial charge >= 0.3 is 0 Å². The Kier molecular flexibility index (Phi) is 6.10. The molecule has 0 bridgehead atoms. The second-order valence-corrected chi connectivity index (χ2v) is 9.60. The summed E-state index contributed by atoms with van der Waals surface area (Å²) in [7, 11) is -3.58. The molecule has 0 aliphatic carbocycles. The number of hydrogen-bond donors (Lipinski definition) is 2. The van der Waals surface area contributed by atoms with Gasteiger partial charge in [0.15, 0.2) is 0 Å². The average Bonchev–Trinajstić information content (AvgIpc) is 3.02. The Hall–Kier alpha value is -2.64. The molecule has 0 saturated heterocycles. The zero-order valence-electron chi connectivity index (χ0n) is 17.1. The first kappa shape index (κ1) is 21.1. The molecule has 0 fully saturated rings. The smallest absolute Gasteiger partial charge is 0.255 e. The third-order valence-corrected chi connectivity index (χ3v) is 6.08. The monoisotopic (exact) mass is 413 g/mol. The Morgan fingerprint density at radius 3 is 2.31 bits per heavy atom. The van der Waals surface area contributed by atoms with Gasteiger partial charge in [0.2, 0.25) is 10.0 Å². The minimum atomic E-state index is -3.58. The van der Waals surface area contributed by atoms with Gasteiger partial charge in [0.25, 0.3) is 5.91 Å². The van der Waals surface area contributed by atoms with Gasteiger partial charge in [0.05, 0.1) is 4.90 Å². The van der Waals surface area contributed by atoms with Crippen LogP contribution in [0.4, 0.5) is 5.69 Å². The summed E-state index contributed by atoms with van der Waals surface area (Å²) >= 11 is 0. The molecule has 154 valence electrons. The van der Waals surface area contributed by atoms with Crippen molar-refractivity contribution in [3.63, 3.8) is 0 Å². The zero-order chi connectivity index (χ0) is 21.2. The van der Waals surface area contributed by atoms with Gasteiger partial charge in [-0.25, -0.2) is 13.1 Å². The van der Waals surface area contributed by atoms with Crippen LogP contribution in [0.5, 0.6) is 0 Å². The predicted octanol–water partition coefficient (Wildman–Crippen LogP) is 4.24. The van der Waals surface area contributed by atoms with Gasteiger partial charge in [-0.05, 0) is 68.3 Å². The van der Waals surface area contributed by atoms with Crippen LogP contribution in [0.15, 0.2) is 59.6 Å². The molecule has 0 aliphatic heterocycles. The number of aromatic nitrogens is 1. The largest absolute Gasteiger partial charge is 0.347 e. The molecule has 7 heteroatoms. The van der Waals surface area contributed by atoms with Crippen molar-refractivity contribution >= 4 is 32.5 Å². The molecule has 3 aromatic rings. The number of carbonyl (C=O) groups is 1. The van der Waals surface area contributed by atoms with Crippen LogP contribution < -0.4 is 10.0 Å². The Bertz CT molecular complexity index is 1110. The van der Waals surface area contributed by atoms with Gasteiger partial charge < -0.3 is 9.88 Å². The van der Waals surface area contributed by atoms with Crippen molar-refractivity contribution in [3.05, 3.63) is 60.3 Å². The van der Waals surface area contributed by atoms with E-state index in [-0.39, 0.29) is 16.8 Å². The highest BCUT2D eigenvalue weighted by molar-refractivity contribution is 7.89. The van der Waals surface area contributed by atoms with Crippen LogP contribution >= 0.6 is 0 Å². The fourth-order valence-electron chi connectivity index (χ4n) is 3.20. The van der Waals surface area contributed by atoms with E-state index in [9.17, 15) is 13.2 Å². The Labute approximate surface area is 172 Å². The van der Waals surface area contributed by atoms with E-state index in [4.69, 9.17) is 0 Å². The van der Waals surface area contributed by atoms with E-state index in [1.54, 1.807) is 13.8 Å². The summed E-state index contributed by atoms with van der Waals surface area (Å²) in [5, 5.41) is 3.94. The standard InChI is InChI=1S/C22H27N3O3S/c1-15(2)14-25-12-11-18-13-19(7-10-21(18)25)23-22(26)17-5-8-20(9-6-17)29(27,28)24-16(3)4/h5-13,15-16,24H,14H2,1-4H3,(H,23,26). The molecule has 0 saturated carbocycles. The number of carbonyl (C=O) groups excluding carboxylic acids is 1. The average molecular weight is 414 g/mol. The molecule has 1 aromatic heterocycles. The third-order valence-electron chi connectivity index (χ3n) is 4.41. The van der Waals surface area contributed by atoms with Crippen molar-refractivity contribution in [2.45, 2.75) is 45.2 Å². The van der Waals surface area contributed by atoms with E-state index >= 15 is 0 Å². The van der Waals surface area contributed by atoms with Crippen molar-refractivity contribution in [1.29, 1.82) is 0 Å². The number of sulfonamides is 1. The fourth-order valence-corrected chi connectivity index (χ4v) is 4.45. The Morgan fingerprint density at radius 1 is 1.00 bits per heavy atom. The van der Waals surface area contributed by atoms with Crippen LogP contribution in [0.3, 0.4) is 0 Å². The molecule has 1 amide bonds. The summed E-state index contributed by atoms with van der Waals surface area (Å²) in [5.74, 6) is 0.263. The van der Waals surface area contributed by atoms with Gasteiger partial charge in [-0.15, -0.1) is 0 Å². The summed E-state index contributed by atoms with van der Waals surface area (Å²) in [5.41, 5.74) is 2.22. The van der Waals surface area contributed by atoms with E-state index in [0.717, 1.165) is 17.4 Å². The molecule has 2 N–H and O–H groups in total. The number of benzene rings is 2. The second-order valence-electron chi connectivity index (χ2n) is 7.89.